The van der Waals surface area contributed by atoms with E-state index < -0.39 is 0 Å². The monoisotopic (exact) mass is 370 g/mol. The summed E-state index contributed by atoms with van der Waals surface area (Å²) in [5, 5.41) is 3.44. The molecule has 4 rings (SSSR count). The van der Waals surface area contributed by atoms with Crippen molar-refractivity contribution in [3.8, 4) is 0 Å². The molecule has 0 bridgehead atoms. The van der Waals surface area contributed by atoms with Crippen LogP contribution >= 0.6 is 0 Å². The molecule has 0 aromatic heterocycles. The van der Waals surface area contributed by atoms with E-state index in [2.05, 4.69) is 35.6 Å². The van der Waals surface area contributed by atoms with E-state index in [0.717, 1.165) is 25.1 Å². The maximum atomic E-state index is 12.4. The van der Waals surface area contributed by atoms with Gasteiger partial charge in [0.25, 0.3) is 11.8 Å². The molecule has 4 nitrogen and oxygen atoms in total. The van der Waals surface area contributed by atoms with Gasteiger partial charge in [-0.2, -0.15) is 0 Å². The first-order valence-corrected chi connectivity index (χ1v) is 9.54. The summed E-state index contributed by atoms with van der Waals surface area (Å²) in [4.78, 5) is 26.2. The fourth-order valence-electron chi connectivity index (χ4n) is 3.52. The van der Waals surface area contributed by atoms with Crippen LogP contribution < -0.4 is 5.32 Å². The summed E-state index contributed by atoms with van der Waals surface area (Å²) >= 11 is 0. The lowest BCUT2D eigenvalue weighted by Crippen LogP contribution is -2.30. The summed E-state index contributed by atoms with van der Waals surface area (Å²) in [7, 11) is 0. The number of nitrogens with zero attached hydrogens (tertiary/aromatic N) is 1. The van der Waals surface area contributed by atoms with Crippen LogP contribution in [0.1, 0.15) is 38.3 Å². The van der Waals surface area contributed by atoms with Gasteiger partial charge in [0.05, 0.1) is 11.1 Å². The van der Waals surface area contributed by atoms with Crippen molar-refractivity contribution in [3.05, 3.63) is 101 Å². The number of nitrogens with one attached hydrogen (secondary N) is 1. The molecule has 3 aromatic rings. The van der Waals surface area contributed by atoms with E-state index in [1.807, 2.05) is 24.3 Å². The Kier molecular flexibility index (Phi) is 5.20. The highest BCUT2D eigenvalue weighted by atomic mass is 16.2. The third-order valence-electron chi connectivity index (χ3n) is 4.99. The third-order valence-corrected chi connectivity index (χ3v) is 4.99. The molecule has 0 aliphatic carbocycles. The Bertz CT molecular complexity index is 963. The van der Waals surface area contributed by atoms with Crippen LogP contribution in [-0.2, 0) is 13.0 Å². The minimum atomic E-state index is -0.182. The van der Waals surface area contributed by atoms with Gasteiger partial charge in [-0.3, -0.25) is 14.5 Å². The van der Waals surface area contributed by atoms with Crippen molar-refractivity contribution in [3.63, 3.8) is 0 Å². The predicted molar refractivity (Wildman–Crippen MR) is 110 cm³/mol. The molecule has 0 saturated carbocycles. The number of carbonyl (C=O) groups is 2. The quantitative estimate of drug-likeness (QED) is 0.622. The van der Waals surface area contributed by atoms with Gasteiger partial charge in [-0.25, -0.2) is 0 Å². The molecular weight excluding hydrogens is 348 g/mol. The van der Waals surface area contributed by atoms with Gasteiger partial charge in [0.15, 0.2) is 0 Å². The number of imide groups is 1. The molecule has 1 aliphatic rings. The van der Waals surface area contributed by atoms with Crippen LogP contribution in [-0.4, -0.2) is 23.3 Å². The molecule has 0 fully saturated rings. The molecule has 0 saturated heterocycles. The van der Waals surface area contributed by atoms with E-state index in [4.69, 9.17) is 0 Å². The molecular formula is C24H22N2O2. The number of hydrogen-bond donors (Lipinski definition) is 1. The van der Waals surface area contributed by atoms with Crippen molar-refractivity contribution in [1.82, 2.24) is 4.90 Å². The summed E-state index contributed by atoms with van der Waals surface area (Å²) in [5.74, 6) is -0.363. The third kappa shape index (κ3) is 3.81. The molecule has 2 amide bonds. The zero-order valence-corrected chi connectivity index (χ0v) is 15.6. The van der Waals surface area contributed by atoms with Crippen LogP contribution in [0, 0.1) is 0 Å². The van der Waals surface area contributed by atoms with Crippen molar-refractivity contribution < 1.29 is 9.59 Å². The smallest absolute Gasteiger partial charge is 0.261 e. The van der Waals surface area contributed by atoms with Crippen LogP contribution in [0.15, 0.2) is 78.9 Å². The molecule has 0 unspecified atom stereocenters. The summed E-state index contributed by atoms with van der Waals surface area (Å²) in [5.41, 5.74) is 4.52. The lowest BCUT2D eigenvalue weighted by Gasteiger charge is -2.14. The summed E-state index contributed by atoms with van der Waals surface area (Å²) in [6.07, 6.45) is 1.56. The maximum Gasteiger partial charge on any atom is 0.261 e. The SMILES string of the molecule is O=C1c2ccccc2C(=O)N1CCCc1cccc(NCc2ccccc2)c1. The van der Waals surface area contributed by atoms with Crippen LogP contribution in [0.2, 0.25) is 0 Å². The molecule has 140 valence electrons. The standard InChI is InChI=1S/C24H22N2O2/c27-23-21-13-4-5-14-22(21)24(28)26(23)15-7-11-18-10-6-12-20(16-18)25-17-19-8-2-1-3-9-19/h1-6,8-10,12-14,16,25H,7,11,15,17H2. The molecule has 0 radical (unpaired) electrons. The van der Waals surface area contributed by atoms with Crippen molar-refractivity contribution in [2.45, 2.75) is 19.4 Å². The van der Waals surface area contributed by atoms with Gasteiger partial charge in [-0.1, -0.05) is 54.6 Å². The minimum absolute atomic E-state index is 0.182. The maximum absolute atomic E-state index is 12.4. The van der Waals surface area contributed by atoms with E-state index >= 15 is 0 Å². The van der Waals surface area contributed by atoms with E-state index in [1.54, 1.807) is 24.3 Å². The number of anilines is 1. The molecule has 1 aliphatic heterocycles. The number of carbonyl (C=O) groups excluding carboxylic acids is 2. The van der Waals surface area contributed by atoms with Crippen LogP contribution in [0.5, 0.6) is 0 Å². The molecule has 1 heterocycles. The lowest BCUT2D eigenvalue weighted by molar-refractivity contribution is 0.0652. The van der Waals surface area contributed by atoms with Crippen molar-refractivity contribution in [2.75, 3.05) is 11.9 Å². The number of hydrogen-bond acceptors (Lipinski definition) is 3. The molecule has 3 aromatic carbocycles. The number of fused-ring (bicyclic) bond motifs is 1. The highest BCUT2D eigenvalue weighted by molar-refractivity contribution is 6.21. The Balaban J connectivity index is 1.32. The van der Waals surface area contributed by atoms with E-state index in [1.165, 1.54) is 16.0 Å². The predicted octanol–water partition coefficient (Wildman–Crippen LogP) is 4.53. The minimum Gasteiger partial charge on any atom is -0.381 e. The van der Waals surface area contributed by atoms with Crippen molar-refractivity contribution >= 4 is 17.5 Å². The summed E-state index contributed by atoms with van der Waals surface area (Å²) in [6.45, 7) is 1.22. The Morgan fingerprint density at radius 2 is 1.36 bits per heavy atom. The molecule has 0 atom stereocenters. The van der Waals surface area contributed by atoms with E-state index in [-0.39, 0.29) is 11.8 Å². The zero-order chi connectivity index (χ0) is 19.3. The Labute approximate surface area is 164 Å². The molecule has 28 heavy (non-hydrogen) atoms. The normalized spacial score (nSPS) is 12.9. The fourth-order valence-corrected chi connectivity index (χ4v) is 3.52. The average molecular weight is 370 g/mol. The van der Waals surface area contributed by atoms with Gasteiger partial charge in [0, 0.05) is 18.8 Å². The van der Waals surface area contributed by atoms with E-state index in [9.17, 15) is 9.59 Å². The van der Waals surface area contributed by atoms with Gasteiger partial charge < -0.3 is 5.32 Å². The Morgan fingerprint density at radius 1 is 0.714 bits per heavy atom. The second-order valence-corrected chi connectivity index (χ2v) is 6.95. The summed E-state index contributed by atoms with van der Waals surface area (Å²) < 4.78 is 0. The lowest BCUT2D eigenvalue weighted by atomic mass is 10.1. The average Bonchev–Trinajstić information content (AvgIpc) is 2.98. The van der Waals surface area contributed by atoms with Gasteiger partial charge >= 0.3 is 0 Å². The van der Waals surface area contributed by atoms with E-state index in [0.29, 0.717) is 17.7 Å². The molecule has 4 heteroatoms. The summed E-state index contributed by atoms with van der Waals surface area (Å²) in [6, 6.07) is 25.6. The topological polar surface area (TPSA) is 49.4 Å². The van der Waals surface area contributed by atoms with Gasteiger partial charge in [-0.05, 0) is 48.2 Å². The second-order valence-electron chi connectivity index (χ2n) is 6.95. The first kappa shape index (κ1) is 18.0. The number of benzene rings is 3. The van der Waals surface area contributed by atoms with Crippen molar-refractivity contribution in [2.24, 2.45) is 0 Å². The number of amides is 2. The van der Waals surface area contributed by atoms with Crippen molar-refractivity contribution in [1.29, 1.82) is 0 Å². The molecule has 1 N–H and O–H groups in total. The number of rotatable bonds is 7. The Morgan fingerprint density at radius 3 is 2.07 bits per heavy atom. The largest absolute Gasteiger partial charge is 0.381 e. The second kappa shape index (κ2) is 8.09. The fraction of sp³-hybridized carbons (Fsp3) is 0.167. The molecule has 0 spiro atoms. The highest BCUT2D eigenvalue weighted by Crippen LogP contribution is 2.23. The van der Waals surface area contributed by atoms with Gasteiger partial charge in [-0.15, -0.1) is 0 Å². The Hall–Kier alpha value is -3.40. The first-order valence-electron chi connectivity index (χ1n) is 9.54. The van der Waals surface area contributed by atoms with Gasteiger partial charge in [0.2, 0.25) is 0 Å². The van der Waals surface area contributed by atoms with Gasteiger partial charge in [0.1, 0.15) is 0 Å². The zero-order valence-electron chi connectivity index (χ0n) is 15.6. The van der Waals surface area contributed by atoms with Crippen LogP contribution in [0.4, 0.5) is 5.69 Å². The van der Waals surface area contributed by atoms with Crippen LogP contribution in [0.3, 0.4) is 0 Å². The first-order chi connectivity index (χ1) is 13.7. The van der Waals surface area contributed by atoms with Crippen LogP contribution in [0.25, 0.3) is 0 Å². The highest BCUT2D eigenvalue weighted by Gasteiger charge is 2.34. The number of aryl methyl sites for hydroxylation is 1.